The molecular formula is C16H19ClN2O. The van der Waals surface area contributed by atoms with E-state index >= 15 is 0 Å². The highest BCUT2D eigenvalue weighted by molar-refractivity contribution is 6.30. The molecule has 0 spiro atoms. The molecule has 1 unspecified atom stereocenters. The quantitative estimate of drug-likeness (QED) is 0.782. The molecule has 3 rings (SSSR count). The lowest BCUT2D eigenvalue weighted by Crippen LogP contribution is -2.28. The normalized spacial score (nSPS) is 20.8. The van der Waals surface area contributed by atoms with Crippen LogP contribution in [0.2, 0.25) is 5.15 Å². The molecule has 2 aromatic rings. The number of likely N-dealkylation sites (tertiary alicyclic amines) is 1. The third-order valence-electron chi connectivity index (χ3n) is 3.95. The van der Waals surface area contributed by atoms with Crippen molar-refractivity contribution >= 4 is 11.6 Å². The minimum Gasteiger partial charge on any atom is -0.468 e. The van der Waals surface area contributed by atoms with Gasteiger partial charge in [0.2, 0.25) is 0 Å². The van der Waals surface area contributed by atoms with E-state index in [0.29, 0.717) is 11.2 Å². The molecule has 3 nitrogen and oxygen atoms in total. The van der Waals surface area contributed by atoms with Crippen LogP contribution >= 0.6 is 11.6 Å². The van der Waals surface area contributed by atoms with Crippen LogP contribution in [-0.4, -0.2) is 16.4 Å². The maximum atomic E-state index is 6.20. The Morgan fingerprint density at radius 3 is 3.00 bits per heavy atom. The van der Waals surface area contributed by atoms with Gasteiger partial charge in [-0.3, -0.25) is 4.90 Å². The molecule has 1 fully saturated rings. The van der Waals surface area contributed by atoms with E-state index in [-0.39, 0.29) is 0 Å². The van der Waals surface area contributed by atoms with Crippen LogP contribution in [0.3, 0.4) is 0 Å². The smallest absolute Gasteiger partial charge is 0.133 e. The molecule has 1 aliphatic heterocycles. The van der Waals surface area contributed by atoms with Gasteiger partial charge in [0, 0.05) is 18.3 Å². The number of hydrogen-bond acceptors (Lipinski definition) is 3. The molecule has 106 valence electrons. The van der Waals surface area contributed by atoms with Crippen molar-refractivity contribution in [1.82, 2.24) is 9.88 Å². The maximum absolute atomic E-state index is 6.20. The van der Waals surface area contributed by atoms with Crippen LogP contribution in [0.15, 0.2) is 41.1 Å². The van der Waals surface area contributed by atoms with Gasteiger partial charge in [0.15, 0.2) is 0 Å². The number of aromatic nitrogens is 1. The minimum absolute atomic E-state index is 0.351. The van der Waals surface area contributed by atoms with Gasteiger partial charge in [-0.15, -0.1) is 0 Å². The second kappa shape index (κ2) is 6.42. The average Bonchev–Trinajstić information content (AvgIpc) is 2.89. The molecule has 4 heteroatoms. The molecule has 0 bridgehead atoms. The van der Waals surface area contributed by atoms with Gasteiger partial charge in [-0.05, 0) is 37.6 Å². The Kier molecular flexibility index (Phi) is 4.38. The van der Waals surface area contributed by atoms with E-state index in [1.165, 1.54) is 19.3 Å². The van der Waals surface area contributed by atoms with Crippen LogP contribution < -0.4 is 0 Å². The SMILES string of the molecule is Clc1ncccc1CN1CCCCCC1c1ccco1. The molecule has 1 atom stereocenters. The Morgan fingerprint density at radius 2 is 2.20 bits per heavy atom. The number of halogens is 1. The first kappa shape index (κ1) is 13.7. The Labute approximate surface area is 124 Å². The molecule has 3 heterocycles. The van der Waals surface area contributed by atoms with Gasteiger partial charge in [0.1, 0.15) is 10.9 Å². The Balaban J connectivity index is 1.82. The fraction of sp³-hybridized carbons (Fsp3) is 0.438. The van der Waals surface area contributed by atoms with Gasteiger partial charge in [0.25, 0.3) is 0 Å². The fourth-order valence-electron chi connectivity index (χ4n) is 2.92. The molecule has 0 aliphatic carbocycles. The van der Waals surface area contributed by atoms with E-state index in [1.807, 2.05) is 12.1 Å². The van der Waals surface area contributed by atoms with Gasteiger partial charge < -0.3 is 4.42 Å². The summed E-state index contributed by atoms with van der Waals surface area (Å²) in [6.45, 7) is 1.91. The first-order chi connectivity index (χ1) is 9.84. The molecule has 0 amide bonds. The molecule has 1 aliphatic rings. The van der Waals surface area contributed by atoms with E-state index in [0.717, 1.165) is 30.8 Å². The lowest BCUT2D eigenvalue weighted by atomic mass is 10.1. The van der Waals surface area contributed by atoms with Gasteiger partial charge in [-0.1, -0.05) is 30.5 Å². The zero-order valence-corrected chi connectivity index (χ0v) is 12.2. The monoisotopic (exact) mass is 290 g/mol. The highest BCUT2D eigenvalue weighted by Gasteiger charge is 2.25. The first-order valence-electron chi connectivity index (χ1n) is 7.21. The van der Waals surface area contributed by atoms with Crippen LogP contribution in [-0.2, 0) is 6.54 Å². The lowest BCUT2D eigenvalue weighted by molar-refractivity contribution is 0.169. The number of pyridine rings is 1. The second-order valence-electron chi connectivity index (χ2n) is 5.30. The molecular weight excluding hydrogens is 272 g/mol. The van der Waals surface area contributed by atoms with Gasteiger partial charge >= 0.3 is 0 Å². The summed E-state index contributed by atoms with van der Waals surface area (Å²) in [6.07, 6.45) is 8.41. The number of nitrogens with zero attached hydrogens (tertiary/aromatic N) is 2. The summed E-state index contributed by atoms with van der Waals surface area (Å²) in [5.74, 6) is 1.06. The largest absolute Gasteiger partial charge is 0.468 e. The summed E-state index contributed by atoms with van der Waals surface area (Å²) in [7, 11) is 0. The van der Waals surface area contributed by atoms with E-state index in [4.69, 9.17) is 16.0 Å². The molecule has 0 radical (unpaired) electrons. The predicted octanol–water partition coefficient (Wildman–Crippen LogP) is 4.45. The van der Waals surface area contributed by atoms with Crippen molar-refractivity contribution in [2.45, 2.75) is 38.3 Å². The van der Waals surface area contributed by atoms with Crippen LogP contribution in [0.5, 0.6) is 0 Å². The number of furan rings is 1. The zero-order valence-electron chi connectivity index (χ0n) is 11.5. The van der Waals surface area contributed by atoms with Crippen molar-refractivity contribution in [3.8, 4) is 0 Å². The Hall–Kier alpha value is -1.32. The first-order valence-corrected chi connectivity index (χ1v) is 7.59. The summed E-state index contributed by atoms with van der Waals surface area (Å²) in [5, 5.41) is 0.606. The minimum atomic E-state index is 0.351. The number of rotatable bonds is 3. The summed E-state index contributed by atoms with van der Waals surface area (Å²) in [5.41, 5.74) is 1.09. The van der Waals surface area contributed by atoms with Crippen LogP contribution in [0.1, 0.15) is 43.0 Å². The van der Waals surface area contributed by atoms with Gasteiger partial charge in [-0.25, -0.2) is 4.98 Å². The second-order valence-corrected chi connectivity index (χ2v) is 5.66. The third kappa shape index (κ3) is 3.05. The summed E-state index contributed by atoms with van der Waals surface area (Å²) in [6, 6.07) is 8.40. The van der Waals surface area contributed by atoms with E-state index < -0.39 is 0 Å². The summed E-state index contributed by atoms with van der Waals surface area (Å²) in [4.78, 5) is 6.64. The third-order valence-corrected chi connectivity index (χ3v) is 4.29. The average molecular weight is 291 g/mol. The van der Waals surface area contributed by atoms with Crippen molar-refractivity contribution in [1.29, 1.82) is 0 Å². The van der Waals surface area contributed by atoms with E-state index in [2.05, 4.69) is 22.0 Å². The topological polar surface area (TPSA) is 29.3 Å². The molecule has 20 heavy (non-hydrogen) atoms. The fourth-order valence-corrected chi connectivity index (χ4v) is 3.10. The van der Waals surface area contributed by atoms with Crippen LogP contribution in [0.25, 0.3) is 0 Å². The molecule has 0 aromatic carbocycles. The van der Waals surface area contributed by atoms with Crippen molar-refractivity contribution in [2.75, 3.05) is 6.54 Å². The van der Waals surface area contributed by atoms with Crippen molar-refractivity contribution in [3.05, 3.63) is 53.2 Å². The Bertz CT molecular complexity index is 541. The molecule has 0 saturated carbocycles. The molecule has 0 N–H and O–H groups in total. The zero-order chi connectivity index (χ0) is 13.8. The van der Waals surface area contributed by atoms with Crippen LogP contribution in [0.4, 0.5) is 0 Å². The predicted molar refractivity (Wildman–Crippen MR) is 79.6 cm³/mol. The van der Waals surface area contributed by atoms with Crippen molar-refractivity contribution < 1.29 is 4.42 Å². The molecule has 1 saturated heterocycles. The van der Waals surface area contributed by atoms with Crippen LogP contribution in [0, 0.1) is 0 Å². The van der Waals surface area contributed by atoms with Crippen molar-refractivity contribution in [2.24, 2.45) is 0 Å². The Morgan fingerprint density at radius 1 is 1.25 bits per heavy atom. The lowest BCUT2D eigenvalue weighted by Gasteiger charge is -2.28. The number of hydrogen-bond donors (Lipinski definition) is 0. The van der Waals surface area contributed by atoms with Gasteiger partial charge in [-0.2, -0.15) is 0 Å². The standard InChI is InChI=1S/C16H19ClN2O/c17-16-13(6-4-9-18-16)12-19-10-3-1-2-7-14(19)15-8-5-11-20-15/h4-6,8-9,11,14H,1-3,7,10,12H2. The van der Waals surface area contributed by atoms with E-state index in [9.17, 15) is 0 Å². The maximum Gasteiger partial charge on any atom is 0.133 e. The highest BCUT2D eigenvalue weighted by Crippen LogP contribution is 2.32. The summed E-state index contributed by atoms with van der Waals surface area (Å²) < 4.78 is 5.64. The summed E-state index contributed by atoms with van der Waals surface area (Å²) >= 11 is 6.20. The van der Waals surface area contributed by atoms with Crippen molar-refractivity contribution in [3.63, 3.8) is 0 Å². The van der Waals surface area contributed by atoms with Gasteiger partial charge in [0.05, 0.1) is 12.3 Å². The highest BCUT2D eigenvalue weighted by atomic mass is 35.5. The molecule has 2 aromatic heterocycles. The van der Waals surface area contributed by atoms with E-state index in [1.54, 1.807) is 12.5 Å².